The van der Waals surface area contributed by atoms with E-state index in [1.807, 2.05) is 13.8 Å². The molecule has 0 aliphatic carbocycles. The number of amides is 1. The largest absolute Gasteiger partial charge is 0.486 e. The third kappa shape index (κ3) is 3.65. The smallest absolute Gasteiger partial charge is 0.260 e. The number of rotatable bonds is 5. The van der Waals surface area contributed by atoms with Crippen molar-refractivity contribution in [1.82, 2.24) is 5.32 Å². The standard InChI is InChI=1S/C15H20N2O4/c1-9(2)7-16-15(18)10(3)21-11-4-5-12-13(17-19)8-20-14(12)6-11/h4-6,9-10,19H,7-8H2,1-3H3,(H,16,18). The molecule has 6 nitrogen and oxygen atoms in total. The first-order valence-electron chi connectivity index (χ1n) is 6.93. The van der Waals surface area contributed by atoms with Gasteiger partial charge in [0.25, 0.3) is 5.91 Å². The van der Waals surface area contributed by atoms with Gasteiger partial charge in [-0.05, 0) is 25.0 Å². The molecule has 1 aromatic rings. The summed E-state index contributed by atoms with van der Waals surface area (Å²) < 4.78 is 11.0. The van der Waals surface area contributed by atoms with E-state index in [0.29, 0.717) is 29.7 Å². The van der Waals surface area contributed by atoms with Crippen LogP contribution in [0.25, 0.3) is 0 Å². The van der Waals surface area contributed by atoms with Crippen molar-refractivity contribution in [3.05, 3.63) is 23.8 Å². The monoisotopic (exact) mass is 292 g/mol. The van der Waals surface area contributed by atoms with Crippen LogP contribution >= 0.6 is 0 Å². The van der Waals surface area contributed by atoms with Gasteiger partial charge in [-0.25, -0.2) is 0 Å². The fourth-order valence-corrected chi connectivity index (χ4v) is 1.95. The summed E-state index contributed by atoms with van der Waals surface area (Å²) in [6.07, 6.45) is -0.589. The van der Waals surface area contributed by atoms with E-state index in [4.69, 9.17) is 14.7 Å². The summed E-state index contributed by atoms with van der Waals surface area (Å²) in [5.74, 6) is 1.38. The lowest BCUT2D eigenvalue weighted by atomic mass is 10.1. The molecule has 1 heterocycles. The van der Waals surface area contributed by atoms with Gasteiger partial charge in [0.15, 0.2) is 6.10 Å². The first-order valence-corrected chi connectivity index (χ1v) is 6.93. The van der Waals surface area contributed by atoms with E-state index >= 15 is 0 Å². The lowest BCUT2D eigenvalue weighted by molar-refractivity contribution is -0.127. The van der Waals surface area contributed by atoms with E-state index in [9.17, 15) is 4.79 Å². The Hall–Kier alpha value is -2.24. The number of ether oxygens (including phenoxy) is 2. The number of hydrogen-bond acceptors (Lipinski definition) is 5. The average molecular weight is 292 g/mol. The number of fused-ring (bicyclic) bond motifs is 1. The van der Waals surface area contributed by atoms with Crippen molar-refractivity contribution in [2.45, 2.75) is 26.9 Å². The lowest BCUT2D eigenvalue weighted by Crippen LogP contribution is -2.38. The van der Waals surface area contributed by atoms with Crippen LogP contribution in [0.15, 0.2) is 23.4 Å². The summed E-state index contributed by atoms with van der Waals surface area (Å²) in [5, 5.41) is 14.8. The predicted octanol–water partition coefficient (Wildman–Crippen LogP) is 1.80. The predicted molar refractivity (Wildman–Crippen MR) is 78.2 cm³/mol. The molecule has 6 heteroatoms. The van der Waals surface area contributed by atoms with Crippen LogP contribution in [0.4, 0.5) is 0 Å². The molecule has 1 atom stereocenters. The van der Waals surface area contributed by atoms with E-state index in [1.165, 1.54) is 0 Å². The number of nitrogens with one attached hydrogen (secondary N) is 1. The maximum atomic E-state index is 11.9. The van der Waals surface area contributed by atoms with Gasteiger partial charge in [0.1, 0.15) is 23.8 Å². The second-order valence-corrected chi connectivity index (χ2v) is 5.39. The Bertz CT molecular complexity index is 555. The molecular weight excluding hydrogens is 272 g/mol. The zero-order chi connectivity index (χ0) is 15.4. The second-order valence-electron chi connectivity index (χ2n) is 5.39. The molecule has 1 unspecified atom stereocenters. The summed E-state index contributed by atoms with van der Waals surface area (Å²) in [5.41, 5.74) is 1.22. The summed E-state index contributed by atoms with van der Waals surface area (Å²) in [6.45, 7) is 6.62. The van der Waals surface area contributed by atoms with E-state index < -0.39 is 6.10 Å². The summed E-state index contributed by atoms with van der Waals surface area (Å²) in [7, 11) is 0. The Labute approximate surface area is 123 Å². The van der Waals surface area contributed by atoms with Gasteiger partial charge in [0.05, 0.1) is 0 Å². The highest BCUT2D eigenvalue weighted by molar-refractivity contribution is 6.06. The molecule has 0 radical (unpaired) electrons. The molecule has 0 spiro atoms. The molecule has 2 rings (SSSR count). The third-order valence-corrected chi connectivity index (χ3v) is 3.12. The molecule has 21 heavy (non-hydrogen) atoms. The summed E-state index contributed by atoms with van der Waals surface area (Å²) in [6, 6.07) is 5.18. The number of nitrogens with zero attached hydrogens (tertiary/aromatic N) is 1. The molecule has 1 amide bonds. The van der Waals surface area contributed by atoms with Gasteiger partial charge in [0.2, 0.25) is 0 Å². The molecular formula is C15H20N2O4. The van der Waals surface area contributed by atoms with Crippen LogP contribution in [0.2, 0.25) is 0 Å². The third-order valence-electron chi connectivity index (χ3n) is 3.12. The van der Waals surface area contributed by atoms with Crippen molar-refractivity contribution in [3.63, 3.8) is 0 Å². The number of hydrogen-bond donors (Lipinski definition) is 2. The number of oxime groups is 1. The molecule has 2 N–H and O–H groups in total. The van der Waals surface area contributed by atoms with Gasteiger partial charge in [-0.2, -0.15) is 0 Å². The van der Waals surface area contributed by atoms with Crippen LogP contribution in [0.1, 0.15) is 26.3 Å². The van der Waals surface area contributed by atoms with Gasteiger partial charge in [0, 0.05) is 18.2 Å². The highest BCUT2D eigenvalue weighted by Crippen LogP contribution is 2.30. The molecule has 114 valence electrons. The van der Waals surface area contributed by atoms with Crippen molar-refractivity contribution < 1.29 is 19.5 Å². The van der Waals surface area contributed by atoms with Crippen LogP contribution in [0.5, 0.6) is 11.5 Å². The zero-order valence-electron chi connectivity index (χ0n) is 12.4. The maximum Gasteiger partial charge on any atom is 0.260 e. The molecule has 1 aliphatic heterocycles. The molecule has 0 saturated heterocycles. The van der Waals surface area contributed by atoms with Crippen LogP contribution < -0.4 is 14.8 Å². The molecule has 0 saturated carbocycles. The average Bonchev–Trinajstić information content (AvgIpc) is 2.86. The number of carbonyl (C=O) groups excluding carboxylic acids is 1. The molecule has 1 aromatic carbocycles. The van der Waals surface area contributed by atoms with Crippen molar-refractivity contribution in [2.24, 2.45) is 11.1 Å². The van der Waals surface area contributed by atoms with Crippen LogP contribution in [-0.2, 0) is 4.79 Å². The van der Waals surface area contributed by atoms with Crippen LogP contribution in [-0.4, -0.2) is 36.1 Å². The minimum absolute atomic E-state index is 0.150. The molecule has 1 aliphatic rings. The van der Waals surface area contributed by atoms with E-state index in [0.717, 1.165) is 5.56 Å². The minimum atomic E-state index is -0.589. The number of carbonyl (C=O) groups is 1. The lowest BCUT2D eigenvalue weighted by Gasteiger charge is -2.16. The Morgan fingerprint density at radius 1 is 1.48 bits per heavy atom. The van der Waals surface area contributed by atoms with Gasteiger partial charge < -0.3 is 20.0 Å². The van der Waals surface area contributed by atoms with E-state index in [1.54, 1.807) is 25.1 Å². The van der Waals surface area contributed by atoms with Crippen molar-refractivity contribution in [2.75, 3.05) is 13.2 Å². The van der Waals surface area contributed by atoms with Crippen LogP contribution in [0, 0.1) is 5.92 Å². The Morgan fingerprint density at radius 2 is 2.24 bits per heavy atom. The second kappa shape index (κ2) is 6.47. The fraction of sp³-hybridized carbons (Fsp3) is 0.467. The Balaban J connectivity index is 1.99. The van der Waals surface area contributed by atoms with Gasteiger partial charge in [-0.1, -0.05) is 19.0 Å². The minimum Gasteiger partial charge on any atom is -0.486 e. The van der Waals surface area contributed by atoms with Gasteiger partial charge >= 0.3 is 0 Å². The van der Waals surface area contributed by atoms with Crippen molar-refractivity contribution in [3.8, 4) is 11.5 Å². The first-order chi connectivity index (χ1) is 10.0. The van der Waals surface area contributed by atoms with Crippen molar-refractivity contribution >= 4 is 11.6 Å². The molecule has 0 aromatic heterocycles. The van der Waals surface area contributed by atoms with E-state index in [-0.39, 0.29) is 12.5 Å². The Kier molecular flexibility index (Phi) is 4.67. The quantitative estimate of drug-likeness (QED) is 0.640. The van der Waals surface area contributed by atoms with Gasteiger partial charge in [-0.15, -0.1) is 0 Å². The fourth-order valence-electron chi connectivity index (χ4n) is 1.95. The zero-order valence-corrected chi connectivity index (χ0v) is 12.4. The molecule has 0 fully saturated rings. The van der Waals surface area contributed by atoms with E-state index in [2.05, 4.69) is 10.5 Å². The highest BCUT2D eigenvalue weighted by Gasteiger charge is 2.21. The summed E-state index contributed by atoms with van der Waals surface area (Å²) in [4.78, 5) is 11.9. The molecule has 0 bridgehead atoms. The number of benzene rings is 1. The maximum absolute atomic E-state index is 11.9. The normalized spacial score (nSPS) is 16.5. The Morgan fingerprint density at radius 3 is 2.90 bits per heavy atom. The topological polar surface area (TPSA) is 80.2 Å². The van der Waals surface area contributed by atoms with Gasteiger partial charge in [-0.3, -0.25) is 4.79 Å². The van der Waals surface area contributed by atoms with Crippen LogP contribution in [0.3, 0.4) is 0 Å². The highest BCUT2D eigenvalue weighted by atomic mass is 16.5. The summed E-state index contributed by atoms with van der Waals surface area (Å²) >= 11 is 0. The van der Waals surface area contributed by atoms with Crippen molar-refractivity contribution in [1.29, 1.82) is 0 Å². The SMILES string of the molecule is CC(C)CNC(=O)C(C)Oc1ccc2c(c1)OCC2=NO. The first kappa shape index (κ1) is 15.2.